The average molecular weight is 164 g/mol. The second kappa shape index (κ2) is 4.49. The molecule has 0 amide bonds. The van der Waals surface area contributed by atoms with Gasteiger partial charge in [-0.25, -0.2) is 0 Å². The van der Waals surface area contributed by atoms with Crippen LogP contribution in [0.3, 0.4) is 0 Å². The summed E-state index contributed by atoms with van der Waals surface area (Å²) in [6, 6.07) is 3.92. The van der Waals surface area contributed by atoms with Crippen LogP contribution >= 0.6 is 0 Å². The molecular weight excluding hydrogens is 152 g/mol. The van der Waals surface area contributed by atoms with Crippen molar-refractivity contribution < 1.29 is 5.21 Å². The van der Waals surface area contributed by atoms with Crippen molar-refractivity contribution in [1.82, 2.24) is 4.98 Å². The third-order valence-electron chi connectivity index (χ3n) is 1.67. The number of hydrogen-bond donors (Lipinski definition) is 1. The van der Waals surface area contributed by atoms with Gasteiger partial charge < -0.3 is 5.21 Å². The number of pyridine rings is 1. The number of aryl methyl sites for hydroxylation is 1. The molecule has 0 aliphatic heterocycles. The van der Waals surface area contributed by atoms with Crippen LogP contribution < -0.4 is 0 Å². The monoisotopic (exact) mass is 164 g/mol. The summed E-state index contributed by atoms with van der Waals surface area (Å²) in [6.07, 6.45) is 5.23. The molecule has 0 spiro atoms. The van der Waals surface area contributed by atoms with Crippen LogP contribution in [0.2, 0.25) is 0 Å². The number of rotatable bonds is 3. The number of hydrogen-bond acceptors (Lipinski definition) is 3. The van der Waals surface area contributed by atoms with Crippen molar-refractivity contribution in [3.05, 3.63) is 30.1 Å². The molecule has 0 saturated heterocycles. The van der Waals surface area contributed by atoms with Crippen LogP contribution in [0.1, 0.15) is 18.9 Å². The van der Waals surface area contributed by atoms with Gasteiger partial charge in [0.2, 0.25) is 0 Å². The molecule has 1 aromatic rings. The molecular formula is C9H12N2O. The Morgan fingerprint density at radius 3 is 3.08 bits per heavy atom. The lowest BCUT2D eigenvalue weighted by Crippen LogP contribution is -1.95. The van der Waals surface area contributed by atoms with Gasteiger partial charge >= 0.3 is 0 Å². The number of oxime groups is 1. The Hall–Kier alpha value is -1.38. The predicted molar refractivity (Wildman–Crippen MR) is 47.5 cm³/mol. The summed E-state index contributed by atoms with van der Waals surface area (Å²) in [5, 5.41) is 11.5. The van der Waals surface area contributed by atoms with Crippen molar-refractivity contribution in [2.45, 2.75) is 19.8 Å². The van der Waals surface area contributed by atoms with E-state index in [0.29, 0.717) is 0 Å². The van der Waals surface area contributed by atoms with Gasteiger partial charge in [0.15, 0.2) is 0 Å². The van der Waals surface area contributed by atoms with Gasteiger partial charge in [-0.1, -0.05) is 11.2 Å². The van der Waals surface area contributed by atoms with Crippen molar-refractivity contribution >= 4 is 5.71 Å². The number of aromatic nitrogens is 1. The van der Waals surface area contributed by atoms with Gasteiger partial charge in [-0.15, -0.1) is 0 Å². The van der Waals surface area contributed by atoms with E-state index in [4.69, 9.17) is 5.21 Å². The van der Waals surface area contributed by atoms with E-state index in [-0.39, 0.29) is 0 Å². The van der Waals surface area contributed by atoms with Crippen LogP contribution in [0.15, 0.2) is 29.7 Å². The molecule has 1 rings (SSSR count). The first kappa shape index (κ1) is 8.71. The lowest BCUT2D eigenvalue weighted by molar-refractivity contribution is 0.317. The lowest BCUT2D eigenvalue weighted by atomic mass is 10.1. The molecule has 0 aliphatic carbocycles. The maximum Gasteiger partial charge on any atom is 0.0543 e. The fourth-order valence-electron chi connectivity index (χ4n) is 0.921. The van der Waals surface area contributed by atoms with Crippen molar-refractivity contribution in [3.63, 3.8) is 0 Å². The van der Waals surface area contributed by atoms with E-state index in [9.17, 15) is 0 Å². The summed E-state index contributed by atoms with van der Waals surface area (Å²) in [5.74, 6) is 0. The molecule has 0 radical (unpaired) electrons. The smallest absolute Gasteiger partial charge is 0.0543 e. The Kier molecular flexibility index (Phi) is 3.26. The molecule has 1 N–H and O–H groups in total. The fraction of sp³-hybridized carbons (Fsp3) is 0.333. The summed E-state index contributed by atoms with van der Waals surface area (Å²) in [4.78, 5) is 3.99. The second-order valence-corrected chi connectivity index (χ2v) is 2.70. The highest BCUT2D eigenvalue weighted by atomic mass is 16.4. The van der Waals surface area contributed by atoms with Gasteiger partial charge in [0.1, 0.15) is 0 Å². The standard InChI is InChI=1S/C9H12N2O/c1-8(11-12)4-5-9-3-2-6-10-7-9/h2-3,6-7,12H,4-5H2,1H3/b11-8+. The van der Waals surface area contributed by atoms with E-state index in [1.54, 1.807) is 13.1 Å². The molecule has 0 saturated carbocycles. The van der Waals surface area contributed by atoms with Crippen molar-refractivity contribution in [2.24, 2.45) is 5.16 Å². The Morgan fingerprint density at radius 1 is 1.67 bits per heavy atom. The summed E-state index contributed by atoms with van der Waals surface area (Å²) in [6.45, 7) is 1.80. The summed E-state index contributed by atoms with van der Waals surface area (Å²) in [5.41, 5.74) is 1.92. The second-order valence-electron chi connectivity index (χ2n) is 2.70. The normalized spacial score (nSPS) is 11.6. The van der Waals surface area contributed by atoms with Crippen LogP contribution in [0.5, 0.6) is 0 Å². The third-order valence-corrected chi connectivity index (χ3v) is 1.67. The Labute approximate surface area is 71.8 Å². The molecule has 0 atom stereocenters. The summed E-state index contributed by atoms with van der Waals surface area (Å²) < 4.78 is 0. The van der Waals surface area contributed by atoms with Gasteiger partial charge in [0.25, 0.3) is 0 Å². The average Bonchev–Trinajstić information content (AvgIpc) is 2.16. The van der Waals surface area contributed by atoms with Crippen LogP contribution in [0.25, 0.3) is 0 Å². The third kappa shape index (κ3) is 2.70. The van der Waals surface area contributed by atoms with Gasteiger partial charge in [-0.3, -0.25) is 4.98 Å². The summed E-state index contributed by atoms with van der Waals surface area (Å²) >= 11 is 0. The van der Waals surface area contributed by atoms with Gasteiger partial charge in [0, 0.05) is 12.4 Å². The van der Waals surface area contributed by atoms with E-state index < -0.39 is 0 Å². The van der Waals surface area contributed by atoms with Gasteiger partial charge in [0.05, 0.1) is 5.71 Å². The van der Waals surface area contributed by atoms with E-state index in [1.807, 2.05) is 18.3 Å². The molecule has 0 bridgehead atoms. The largest absolute Gasteiger partial charge is 0.411 e. The highest BCUT2D eigenvalue weighted by molar-refractivity contribution is 5.81. The quantitative estimate of drug-likeness (QED) is 0.421. The molecule has 0 aromatic carbocycles. The molecule has 3 heteroatoms. The van der Waals surface area contributed by atoms with Crippen molar-refractivity contribution in [3.8, 4) is 0 Å². The minimum atomic E-state index is 0.749. The van der Waals surface area contributed by atoms with Crippen LogP contribution in [-0.4, -0.2) is 15.9 Å². The van der Waals surface area contributed by atoms with Crippen molar-refractivity contribution in [2.75, 3.05) is 0 Å². The molecule has 0 aliphatic rings. The van der Waals surface area contributed by atoms with E-state index >= 15 is 0 Å². The predicted octanol–water partition coefficient (Wildman–Crippen LogP) is 1.86. The van der Waals surface area contributed by atoms with Crippen LogP contribution in [0.4, 0.5) is 0 Å². The lowest BCUT2D eigenvalue weighted by Gasteiger charge is -1.97. The SMILES string of the molecule is C/C(CCc1cccnc1)=N\O. The minimum Gasteiger partial charge on any atom is -0.411 e. The Balaban J connectivity index is 2.44. The first-order valence-corrected chi connectivity index (χ1v) is 3.89. The minimum absolute atomic E-state index is 0.749. The van der Waals surface area contributed by atoms with Crippen LogP contribution in [0, 0.1) is 0 Å². The summed E-state index contributed by atoms with van der Waals surface area (Å²) in [7, 11) is 0. The maximum absolute atomic E-state index is 8.39. The molecule has 1 aromatic heterocycles. The van der Waals surface area contributed by atoms with E-state index in [1.165, 1.54) is 5.56 Å². The fourth-order valence-corrected chi connectivity index (χ4v) is 0.921. The first-order chi connectivity index (χ1) is 5.83. The Morgan fingerprint density at radius 2 is 2.50 bits per heavy atom. The zero-order chi connectivity index (χ0) is 8.81. The van der Waals surface area contributed by atoms with Crippen molar-refractivity contribution in [1.29, 1.82) is 0 Å². The molecule has 0 unspecified atom stereocenters. The zero-order valence-electron chi connectivity index (χ0n) is 7.07. The van der Waals surface area contributed by atoms with Crippen LogP contribution in [-0.2, 0) is 6.42 Å². The molecule has 0 fully saturated rings. The zero-order valence-corrected chi connectivity index (χ0v) is 7.07. The molecule has 12 heavy (non-hydrogen) atoms. The first-order valence-electron chi connectivity index (χ1n) is 3.89. The molecule has 64 valence electrons. The highest BCUT2D eigenvalue weighted by Crippen LogP contribution is 2.00. The Bertz CT molecular complexity index is 256. The molecule has 3 nitrogen and oxygen atoms in total. The highest BCUT2D eigenvalue weighted by Gasteiger charge is 1.94. The van der Waals surface area contributed by atoms with Gasteiger partial charge in [-0.05, 0) is 31.4 Å². The van der Waals surface area contributed by atoms with E-state index in [2.05, 4.69) is 10.1 Å². The maximum atomic E-state index is 8.39. The van der Waals surface area contributed by atoms with Gasteiger partial charge in [-0.2, -0.15) is 0 Å². The molecule has 1 heterocycles. The van der Waals surface area contributed by atoms with E-state index in [0.717, 1.165) is 18.6 Å². The topological polar surface area (TPSA) is 45.5 Å². The number of nitrogens with zero attached hydrogens (tertiary/aromatic N) is 2.